The minimum absolute atomic E-state index is 0.122. The molecule has 0 saturated carbocycles. The van der Waals surface area contributed by atoms with Crippen molar-refractivity contribution in [2.75, 3.05) is 0 Å². The maximum Gasteiger partial charge on any atom is 0.241 e. The highest BCUT2D eigenvalue weighted by atomic mass is 79.9. The number of halogens is 1. The number of nitrogens with one attached hydrogen (secondary N) is 1. The van der Waals surface area contributed by atoms with Gasteiger partial charge in [-0.25, -0.2) is 5.43 Å². The van der Waals surface area contributed by atoms with Gasteiger partial charge in [0.05, 0.1) is 6.21 Å². The Hall–Kier alpha value is -3.18. The predicted molar refractivity (Wildman–Crippen MR) is 124 cm³/mol. The van der Waals surface area contributed by atoms with Gasteiger partial charge in [-0.15, -0.1) is 0 Å². The fourth-order valence-electron chi connectivity index (χ4n) is 3.43. The van der Waals surface area contributed by atoms with Crippen LogP contribution in [0, 0.1) is 0 Å². The summed E-state index contributed by atoms with van der Waals surface area (Å²) in [7, 11) is 0. The molecule has 0 saturated heterocycles. The Morgan fingerprint density at radius 2 is 1.48 bits per heavy atom. The van der Waals surface area contributed by atoms with Crippen molar-refractivity contribution >= 4 is 55.9 Å². The van der Waals surface area contributed by atoms with Gasteiger partial charge >= 0.3 is 0 Å². The fourth-order valence-corrected chi connectivity index (χ4v) is 3.79. The monoisotopic (exact) mass is 445 g/mol. The van der Waals surface area contributed by atoms with Crippen LogP contribution in [-0.2, 0) is 11.3 Å². The van der Waals surface area contributed by atoms with Crippen molar-refractivity contribution in [1.82, 2.24) is 9.99 Å². The molecule has 1 amide bonds. The zero-order chi connectivity index (χ0) is 20.1. The van der Waals surface area contributed by atoms with Crippen LogP contribution < -0.4 is 5.43 Å². The number of carbonyl (C=O) groups excluding carboxylic acids is 1. The number of fused-ring (bicyclic) bond motifs is 3. The number of hydrogen-bond donors (Lipinski definition) is 1. The lowest BCUT2D eigenvalue weighted by molar-refractivity contribution is -0.121. The highest BCUT2D eigenvalue weighted by Gasteiger charge is 2.10. The first-order valence-corrected chi connectivity index (χ1v) is 10.2. The summed E-state index contributed by atoms with van der Waals surface area (Å²) in [6.07, 6.45) is 3.87. The minimum Gasteiger partial charge on any atom is -0.340 e. The van der Waals surface area contributed by atoms with Gasteiger partial charge < -0.3 is 4.57 Å². The summed E-state index contributed by atoms with van der Waals surface area (Å²) in [5.74, 6) is -0.122. The van der Waals surface area contributed by atoms with E-state index in [9.17, 15) is 4.79 Å². The van der Waals surface area contributed by atoms with Crippen LogP contribution in [0.3, 0.4) is 0 Å². The maximum absolute atomic E-state index is 12.3. The number of amides is 1. The second-order valence-electron chi connectivity index (χ2n) is 6.67. The molecule has 0 aliphatic heterocycles. The molecule has 0 spiro atoms. The number of para-hydroxylation sites is 2. The topological polar surface area (TPSA) is 46.4 Å². The van der Waals surface area contributed by atoms with Crippen LogP contribution in [0.5, 0.6) is 0 Å². The van der Waals surface area contributed by atoms with Crippen LogP contribution in [0.1, 0.15) is 12.0 Å². The highest BCUT2D eigenvalue weighted by molar-refractivity contribution is 9.12. The summed E-state index contributed by atoms with van der Waals surface area (Å²) >= 11 is 3.45. The lowest BCUT2D eigenvalue weighted by atomic mass is 10.2. The van der Waals surface area contributed by atoms with Crippen molar-refractivity contribution in [3.05, 3.63) is 88.9 Å². The summed E-state index contributed by atoms with van der Waals surface area (Å²) in [5, 5.41) is 6.45. The average molecular weight is 446 g/mol. The van der Waals surface area contributed by atoms with E-state index < -0.39 is 0 Å². The number of hydrazone groups is 1. The molecule has 144 valence electrons. The van der Waals surface area contributed by atoms with Gasteiger partial charge in [0.15, 0.2) is 0 Å². The molecule has 0 aliphatic carbocycles. The molecule has 29 heavy (non-hydrogen) atoms. The van der Waals surface area contributed by atoms with E-state index in [4.69, 9.17) is 0 Å². The van der Waals surface area contributed by atoms with E-state index in [1.807, 2.05) is 60.7 Å². The molecule has 4 nitrogen and oxygen atoms in total. The largest absolute Gasteiger partial charge is 0.340 e. The van der Waals surface area contributed by atoms with Crippen molar-refractivity contribution in [3.63, 3.8) is 0 Å². The molecular formula is C24H20BrN3O. The Kier molecular flexibility index (Phi) is 5.86. The normalized spacial score (nSPS) is 12.1. The van der Waals surface area contributed by atoms with Crippen molar-refractivity contribution < 1.29 is 4.79 Å². The molecule has 0 bridgehead atoms. The minimum atomic E-state index is -0.122. The lowest BCUT2D eigenvalue weighted by Crippen LogP contribution is -2.19. The second kappa shape index (κ2) is 8.88. The molecule has 5 heteroatoms. The van der Waals surface area contributed by atoms with Gasteiger partial charge in [-0.05, 0) is 39.7 Å². The Labute approximate surface area is 177 Å². The second-order valence-corrected chi connectivity index (χ2v) is 7.58. The number of hydrogen-bond acceptors (Lipinski definition) is 2. The molecule has 0 aliphatic rings. The molecule has 3 aromatic carbocycles. The van der Waals surface area contributed by atoms with Crippen LogP contribution in [0.25, 0.3) is 27.9 Å². The van der Waals surface area contributed by atoms with Gasteiger partial charge in [0.1, 0.15) is 0 Å². The first-order valence-electron chi connectivity index (χ1n) is 9.42. The van der Waals surface area contributed by atoms with Gasteiger partial charge in [0.2, 0.25) is 5.91 Å². The molecule has 0 radical (unpaired) electrons. The van der Waals surface area contributed by atoms with E-state index >= 15 is 0 Å². The van der Waals surface area contributed by atoms with E-state index in [1.54, 1.807) is 6.21 Å². The molecule has 1 heterocycles. The summed E-state index contributed by atoms with van der Waals surface area (Å²) in [6, 6.07) is 26.5. The third-order valence-corrected chi connectivity index (χ3v) is 5.16. The number of allylic oxidation sites excluding steroid dienone is 1. The third kappa shape index (κ3) is 4.46. The van der Waals surface area contributed by atoms with Crippen molar-refractivity contribution in [2.45, 2.75) is 13.0 Å². The maximum atomic E-state index is 12.3. The van der Waals surface area contributed by atoms with Crippen LogP contribution in [0.2, 0.25) is 0 Å². The van der Waals surface area contributed by atoms with Crippen LogP contribution in [0.4, 0.5) is 0 Å². The number of aromatic nitrogens is 1. The Morgan fingerprint density at radius 1 is 0.897 bits per heavy atom. The van der Waals surface area contributed by atoms with Gasteiger partial charge in [-0.2, -0.15) is 5.10 Å². The molecule has 0 unspecified atom stereocenters. The van der Waals surface area contributed by atoms with Gasteiger partial charge in [0, 0.05) is 39.3 Å². The quantitative estimate of drug-likeness (QED) is 0.299. The SMILES string of the molecule is O=C(CCn1c2ccccc2c2ccccc21)NN=CC(Br)=Cc1ccccc1. The molecule has 0 atom stereocenters. The standard InChI is InChI=1S/C24H20BrN3O/c25-19(16-18-8-2-1-3-9-18)17-26-27-24(29)14-15-28-22-12-6-4-10-20(22)21-11-5-7-13-23(21)28/h1-13,16-17H,14-15H2,(H,27,29). The fraction of sp³-hybridized carbons (Fsp3) is 0.0833. The molecule has 4 aromatic rings. The average Bonchev–Trinajstić information content (AvgIpc) is 3.07. The van der Waals surface area contributed by atoms with Gasteiger partial charge in [-0.1, -0.05) is 66.7 Å². The Balaban J connectivity index is 1.42. The summed E-state index contributed by atoms with van der Waals surface area (Å²) in [5.41, 5.74) is 5.94. The number of rotatable bonds is 6. The van der Waals surface area contributed by atoms with Crippen LogP contribution in [-0.4, -0.2) is 16.7 Å². The zero-order valence-corrected chi connectivity index (χ0v) is 17.3. The van der Waals surface area contributed by atoms with E-state index in [0.29, 0.717) is 13.0 Å². The number of benzene rings is 3. The van der Waals surface area contributed by atoms with Gasteiger partial charge in [0.25, 0.3) is 0 Å². The number of carbonyl (C=O) groups is 1. The first-order chi connectivity index (χ1) is 14.2. The van der Waals surface area contributed by atoms with Crippen LogP contribution in [0.15, 0.2) is 88.4 Å². The number of aryl methyl sites for hydroxylation is 1. The summed E-state index contributed by atoms with van der Waals surface area (Å²) in [6.45, 7) is 0.594. The zero-order valence-electron chi connectivity index (χ0n) is 15.8. The molecule has 4 rings (SSSR count). The molecular weight excluding hydrogens is 426 g/mol. The molecule has 0 fully saturated rings. The molecule has 1 aromatic heterocycles. The van der Waals surface area contributed by atoms with Crippen LogP contribution >= 0.6 is 15.9 Å². The lowest BCUT2D eigenvalue weighted by Gasteiger charge is -2.06. The van der Waals surface area contributed by atoms with E-state index in [1.165, 1.54) is 10.8 Å². The molecule has 1 N–H and O–H groups in total. The van der Waals surface area contributed by atoms with Crippen molar-refractivity contribution in [3.8, 4) is 0 Å². The highest BCUT2D eigenvalue weighted by Crippen LogP contribution is 2.28. The Morgan fingerprint density at radius 3 is 2.14 bits per heavy atom. The summed E-state index contributed by atoms with van der Waals surface area (Å²) in [4.78, 5) is 12.3. The van der Waals surface area contributed by atoms with Crippen molar-refractivity contribution in [1.29, 1.82) is 0 Å². The van der Waals surface area contributed by atoms with Crippen molar-refractivity contribution in [2.24, 2.45) is 5.10 Å². The van der Waals surface area contributed by atoms with E-state index in [0.717, 1.165) is 21.1 Å². The first kappa shape index (κ1) is 19.2. The third-order valence-electron chi connectivity index (χ3n) is 4.72. The van der Waals surface area contributed by atoms with E-state index in [2.05, 4.69) is 55.3 Å². The Bertz CT molecular complexity index is 1160. The smallest absolute Gasteiger partial charge is 0.241 e. The summed E-state index contributed by atoms with van der Waals surface area (Å²) < 4.78 is 2.98. The number of nitrogens with zero attached hydrogens (tertiary/aromatic N) is 2. The van der Waals surface area contributed by atoms with Gasteiger partial charge in [-0.3, -0.25) is 4.79 Å². The predicted octanol–water partition coefficient (Wildman–Crippen LogP) is 5.72. The van der Waals surface area contributed by atoms with E-state index in [-0.39, 0.29) is 5.91 Å².